The van der Waals surface area contributed by atoms with Gasteiger partial charge in [0.15, 0.2) is 0 Å². The van der Waals surface area contributed by atoms with Gasteiger partial charge in [0.2, 0.25) is 0 Å². The van der Waals surface area contributed by atoms with Crippen molar-refractivity contribution in [3.05, 3.63) is 17.0 Å². The SMILES string of the molecule is NC(=S)c1ccc(S(=O)(=O)N2CCN(CC3CC3)CC2)s1. The molecule has 1 aromatic heterocycles. The van der Waals surface area contributed by atoms with Crippen molar-refractivity contribution in [2.45, 2.75) is 17.1 Å². The second-order valence-corrected chi connectivity index (χ2v) is 9.32. The first kappa shape index (κ1) is 15.4. The van der Waals surface area contributed by atoms with Crippen molar-refractivity contribution in [2.75, 3.05) is 32.7 Å². The lowest BCUT2D eigenvalue weighted by molar-refractivity contribution is 0.182. The summed E-state index contributed by atoms with van der Waals surface area (Å²) in [5, 5.41) is 0. The van der Waals surface area contributed by atoms with E-state index >= 15 is 0 Å². The lowest BCUT2D eigenvalue weighted by atomic mass is 10.3. The molecule has 2 heterocycles. The molecule has 0 aromatic carbocycles. The third-order valence-electron chi connectivity index (χ3n) is 3.96. The maximum atomic E-state index is 12.6. The first-order chi connectivity index (χ1) is 9.96. The fraction of sp³-hybridized carbons (Fsp3) is 0.615. The molecule has 2 N–H and O–H groups in total. The number of nitrogens with zero attached hydrogens (tertiary/aromatic N) is 2. The highest BCUT2D eigenvalue weighted by Crippen LogP contribution is 2.30. The Labute approximate surface area is 134 Å². The van der Waals surface area contributed by atoms with Gasteiger partial charge in [-0.2, -0.15) is 4.31 Å². The van der Waals surface area contributed by atoms with Crippen LogP contribution in [0.4, 0.5) is 0 Å². The lowest BCUT2D eigenvalue weighted by Crippen LogP contribution is -2.48. The quantitative estimate of drug-likeness (QED) is 0.810. The van der Waals surface area contributed by atoms with Gasteiger partial charge in [-0.15, -0.1) is 11.3 Å². The number of piperazine rings is 1. The van der Waals surface area contributed by atoms with Gasteiger partial charge < -0.3 is 10.6 Å². The Bertz CT molecular complexity index is 629. The molecule has 2 aliphatic rings. The van der Waals surface area contributed by atoms with Gasteiger partial charge >= 0.3 is 0 Å². The smallest absolute Gasteiger partial charge is 0.252 e. The van der Waals surface area contributed by atoms with Gasteiger partial charge in [0.1, 0.15) is 9.20 Å². The summed E-state index contributed by atoms with van der Waals surface area (Å²) in [4.78, 5) is 3.27. The van der Waals surface area contributed by atoms with E-state index in [-0.39, 0.29) is 4.99 Å². The van der Waals surface area contributed by atoms with Crippen molar-refractivity contribution >= 4 is 38.6 Å². The maximum absolute atomic E-state index is 12.6. The Kier molecular flexibility index (Phi) is 4.33. The maximum Gasteiger partial charge on any atom is 0.252 e. The number of thiophene rings is 1. The van der Waals surface area contributed by atoms with Gasteiger partial charge in [-0.25, -0.2) is 8.42 Å². The Morgan fingerprint density at radius 3 is 2.48 bits per heavy atom. The normalized spacial score (nSPS) is 21.5. The molecular formula is C13H19N3O2S3. The van der Waals surface area contributed by atoms with E-state index in [9.17, 15) is 8.42 Å². The van der Waals surface area contributed by atoms with Crippen LogP contribution < -0.4 is 5.73 Å². The molecule has 116 valence electrons. The molecule has 0 atom stereocenters. The zero-order chi connectivity index (χ0) is 15.0. The van der Waals surface area contributed by atoms with Crippen LogP contribution in [0.2, 0.25) is 0 Å². The molecule has 8 heteroatoms. The minimum Gasteiger partial charge on any atom is -0.389 e. The summed E-state index contributed by atoms with van der Waals surface area (Å²) in [6.07, 6.45) is 2.66. The molecule has 0 spiro atoms. The van der Waals surface area contributed by atoms with Crippen LogP contribution in [0.3, 0.4) is 0 Å². The van der Waals surface area contributed by atoms with Crippen LogP contribution >= 0.6 is 23.6 Å². The number of sulfonamides is 1. The average molecular weight is 346 g/mol. The molecule has 1 saturated heterocycles. The van der Waals surface area contributed by atoms with Crippen LogP contribution in [-0.2, 0) is 10.0 Å². The van der Waals surface area contributed by atoms with Crippen LogP contribution in [0.15, 0.2) is 16.3 Å². The summed E-state index contributed by atoms with van der Waals surface area (Å²) in [5.41, 5.74) is 5.55. The van der Waals surface area contributed by atoms with Crippen molar-refractivity contribution in [1.29, 1.82) is 0 Å². The third-order valence-corrected chi connectivity index (χ3v) is 7.80. The largest absolute Gasteiger partial charge is 0.389 e. The highest BCUT2D eigenvalue weighted by atomic mass is 32.2. The molecule has 0 radical (unpaired) electrons. The Morgan fingerprint density at radius 1 is 1.29 bits per heavy atom. The fourth-order valence-corrected chi connectivity index (χ4v) is 5.46. The van der Waals surface area contributed by atoms with Crippen molar-refractivity contribution in [3.63, 3.8) is 0 Å². The van der Waals surface area contributed by atoms with E-state index < -0.39 is 10.0 Å². The highest BCUT2D eigenvalue weighted by molar-refractivity contribution is 7.91. The van der Waals surface area contributed by atoms with Gasteiger partial charge in [-0.3, -0.25) is 0 Å². The Balaban J connectivity index is 1.66. The first-order valence-corrected chi connectivity index (χ1v) is 9.75. The Hall–Kier alpha value is -0.540. The molecule has 0 unspecified atom stereocenters. The van der Waals surface area contributed by atoms with E-state index in [1.54, 1.807) is 16.4 Å². The van der Waals surface area contributed by atoms with Crippen LogP contribution in [0.1, 0.15) is 17.7 Å². The van der Waals surface area contributed by atoms with Gasteiger partial charge in [-0.1, -0.05) is 12.2 Å². The average Bonchev–Trinajstić information content (AvgIpc) is 3.10. The summed E-state index contributed by atoms with van der Waals surface area (Å²) < 4.78 is 27.1. The summed E-state index contributed by atoms with van der Waals surface area (Å²) in [7, 11) is -3.40. The highest BCUT2D eigenvalue weighted by Gasteiger charge is 2.32. The molecule has 5 nitrogen and oxygen atoms in total. The monoisotopic (exact) mass is 345 g/mol. The summed E-state index contributed by atoms with van der Waals surface area (Å²) in [5.74, 6) is 0.846. The van der Waals surface area contributed by atoms with Gasteiger partial charge in [-0.05, 0) is 30.9 Å². The lowest BCUT2D eigenvalue weighted by Gasteiger charge is -2.33. The molecule has 21 heavy (non-hydrogen) atoms. The van der Waals surface area contributed by atoms with E-state index in [1.807, 2.05) is 0 Å². The van der Waals surface area contributed by atoms with E-state index in [0.29, 0.717) is 22.2 Å². The molecule has 1 aliphatic carbocycles. The zero-order valence-electron chi connectivity index (χ0n) is 11.7. The summed E-state index contributed by atoms with van der Waals surface area (Å²) in [6.45, 7) is 3.90. The van der Waals surface area contributed by atoms with E-state index in [2.05, 4.69) is 4.90 Å². The van der Waals surface area contributed by atoms with Gasteiger partial charge in [0, 0.05) is 32.7 Å². The number of rotatable bonds is 5. The van der Waals surface area contributed by atoms with Crippen molar-refractivity contribution < 1.29 is 8.42 Å². The van der Waals surface area contributed by atoms with Crippen molar-refractivity contribution in [2.24, 2.45) is 11.7 Å². The number of nitrogens with two attached hydrogens (primary N) is 1. The fourth-order valence-electron chi connectivity index (χ4n) is 2.54. The second-order valence-electron chi connectivity index (χ2n) is 5.63. The van der Waals surface area contributed by atoms with E-state index in [0.717, 1.165) is 36.9 Å². The molecule has 2 fully saturated rings. The third kappa shape index (κ3) is 3.45. The van der Waals surface area contributed by atoms with Gasteiger partial charge in [0.05, 0.1) is 4.88 Å². The van der Waals surface area contributed by atoms with E-state index in [1.165, 1.54) is 12.8 Å². The molecule has 1 aromatic rings. The minimum absolute atomic E-state index is 0.246. The van der Waals surface area contributed by atoms with Crippen LogP contribution in [0, 0.1) is 5.92 Å². The van der Waals surface area contributed by atoms with Crippen molar-refractivity contribution in [3.8, 4) is 0 Å². The first-order valence-electron chi connectivity index (χ1n) is 7.09. The summed E-state index contributed by atoms with van der Waals surface area (Å²) >= 11 is 6.04. The predicted octanol–water partition coefficient (Wildman–Crippen LogP) is 1.10. The standard InChI is InChI=1S/C13H19N3O2S3/c14-13(19)11-3-4-12(20-11)21(17,18)16-7-5-15(6-8-16)9-10-1-2-10/h3-4,10H,1-2,5-9H2,(H2,14,19). The molecule has 1 aliphatic heterocycles. The van der Waals surface area contributed by atoms with Gasteiger partial charge in [0.25, 0.3) is 10.0 Å². The van der Waals surface area contributed by atoms with Crippen LogP contribution in [-0.4, -0.2) is 55.3 Å². The molecular weight excluding hydrogens is 326 g/mol. The topological polar surface area (TPSA) is 66.6 Å². The number of hydrogen-bond donors (Lipinski definition) is 1. The number of hydrogen-bond acceptors (Lipinski definition) is 5. The minimum atomic E-state index is -3.40. The van der Waals surface area contributed by atoms with Crippen LogP contribution in [0.5, 0.6) is 0 Å². The summed E-state index contributed by atoms with van der Waals surface area (Å²) in [6, 6.07) is 3.29. The number of thiocarbonyl (C=S) groups is 1. The Morgan fingerprint density at radius 2 is 1.95 bits per heavy atom. The predicted molar refractivity (Wildman–Crippen MR) is 88.1 cm³/mol. The zero-order valence-corrected chi connectivity index (χ0v) is 14.1. The molecule has 0 amide bonds. The van der Waals surface area contributed by atoms with E-state index in [4.69, 9.17) is 18.0 Å². The molecule has 1 saturated carbocycles. The molecule has 0 bridgehead atoms. The second kappa shape index (κ2) is 5.92. The molecule has 3 rings (SSSR count). The van der Waals surface area contributed by atoms with Crippen molar-refractivity contribution in [1.82, 2.24) is 9.21 Å². The van der Waals surface area contributed by atoms with Crippen LogP contribution in [0.25, 0.3) is 0 Å².